The predicted molar refractivity (Wildman–Crippen MR) is 70.9 cm³/mol. The highest BCUT2D eigenvalue weighted by Gasteiger charge is 2.05. The van der Waals surface area contributed by atoms with Gasteiger partial charge in [-0.1, -0.05) is 29.3 Å². The lowest BCUT2D eigenvalue weighted by atomic mass is 10.2. The molecule has 2 aromatic rings. The molecule has 0 atom stereocenters. The molecule has 0 saturated carbocycles. The van der Waals surface area contributed by atoms with Crippen LogP contribution in [-0.2, 0) is 0 Å². The Kier molecular flexibility index (Phi) is 3.67. The number of carbonyl (C=O) groups is 1. The molecule has 0 spiro atoms. The SMILES string of the molecule is O=C(Nc1ccc(Cl)cc1)c1cccc(Cl)c1. The van der Waals surface area contributed by atoms with E-state index in [1.54, 1.807) is 48.5 Å². The smallest absolute Gasteiger partial charge is 0.255 e. The molecule has 17 heavy (non-hydrogen) atoms. The Hall–Kier alpha value is -1.51. The zero-order chi connectivity index (χ0) is 12.3. The van der Waals surface area contributed by atoms with Crippen LogP contribution in [0.3, 0.4) is 0 Å². The topological polar surface area (TPSA) is 29.1 Å². The molecule has 0 radical (unpaired) electrons. The maximum atomic E-state index is 11.8. The molecule has 1 amide bonds. The van der Waals surface area contributed by atoms with E-state index >= 15 is 0 Å². The van der Waals surface area contributed by atoms with Gasteiger partial charge in [0.2, 0.25) is 0 Å². The van der Waals surface area contributed by atoms with Crippen molar-refractivity contribution in [2.24, 2.45) is 0 Å². The minimum absolute atomic E-state index is 0.199. The van der Waals surface area contributed by atoms with Gasteiger partial charge in [-0.05, 0) is 42.5 Å². The molecule has 2 aromatic carbocycles. The summed E-state index contributed by atoms with van der Waals surface area (Å²) in [6, 6.07) is 13.7. The molecule has 1 N–H and O–H groups in total. The van der Waals surface area contributed by atoms with E-state index in [-0.39, 0.29) is 5.91 Å². The first kappa shape index (κ1) is 12.0. The fraction of sp³-hybridized carbons (Fsp3) is 0. The van der Waals surface area contributed by atoms with Gasteiger partial charge in [-0.25, -0.2) is 0 Å². The number of benzene rings is 2. The Bertz CT molecular complexity index is 537. The molecular formula is C13H9Cl2NO. The number of rotatable bonds is 2. The number of hydrogen-bond acceptors (Lipinski definition) is 1. The lowest BCUT2D eigenvalue weighted by Gasteiger charge is -2.05. The molecule has 0 aliphatic heterocycles. The van der Waals surface area contributed by atoms with Gasteiger partial charge in [0, 0.05) is 21.3 Å². The summed E-state index contributed by atoms with van der Waals surface area (Å²) >= 11 is 11.6. The summed E-state index contributed by atoms with van der Waals surface area (Å²) in [5, 5.41) is 3.92. The summed E-state index contributed by atoms with van der Waals surface area (Å²) in [6.45, 7) is 0. The third-order valence-electron chi connectivity index (χ3n) is 2.19. The Morgan fingerprint density at radius 1 is 0.941 bits per heavy atom. The molecular weight excluding hydrogens is 257 g/mol. The molecule has 4 heteroatoms. The van der Waals surface area contributed by atoms with Gasteiger partial charge in [-0.15, -0.1) is 0 Å². The maximum Gasteiger partial charge on any atom is 0.255 e. The fourth-order valence-corrected chi connectivity index (χ4v) is 1.68. The van der Waals surface area contributed by atoms with Crippen molar-refractivity contribution < 1.29 is 4.79 Å². The van der Waals surface area contributed by atoms with Crippen molar-refractivity contribution in [2.45, 2.75) is 0 Å². The van der Waals surface area contributed by atoms with Crippen LogP contribution in [0, 0.1) is 0 Å². The number of amides is 1. The number of carbonyl (C=O) groups excluding carboxylic acids is 1. The molecule has 0 aliphatic carbocycles. The summed E-state index contributed by atoms with van der Waals surface area (Å²) < 4.78 is 0. The van der Waals surface area contributed by atoms with E-state index in [1.165, 1.54) is 0 Å². The standard InChI is InChI=1S/C13H9Cl2NO/c14-10-4-6-12(7-5-10)16-13(17)9-2-1-3-11(15)8-9/h1-8H,(H,16,17). The zero-order valence-corrected chi connectivity index (χ0v) is 10.3. The summed E-state index contributed by atoms with van der Waals surface area (Å²) in [5.41, 5.74) is 1.21. The van der Waals surface area contributed by atoms with Gasteiger partial charge in [0.25, 0.3) is 5.91 Å². The summed E-state index contributed by atoms with van der Waals surface area (Å²) in [5.74, 6) is -0.199. The van der Waals surface area contributed by atoms with E-state index in [0.29, 0.717) is 21.3 Å². The third kappa shape index (κ3) is 3.22. The Balaban J connectivity index is 2.14. The molecule has 0 saturated heterocycles. The second kappa shape index (κ2) is 5.21. The zero-order valence-electron chi connectivity index (χ0n) is 8.78. The lowest BCUT2D eigenvalue weighted by molar-refractivity contribution is 0.102. The van der Waals surface area contributed by atoms with Crippen molar-refractivity contribution in [1.82, 2.24) is 0 Å². The van der Waals surface area contributed by atoms with Gasteiger partial charge in [0.05, 0.1) is 0 Å². The van der Waals surface area contributed by atoms with Crippen molar-refractivity contribution in [1.29, 1.82) is 0 Å². The van der Waals surface area contributed by atoms with Crippen LogP contribution in [0.4, 0.5) is 5.69 Å². The summed E-state index contributed by atoms with van der Waals surface area (Å²) in [6.07, 6.45) is 0. The molecule has 0 heterocycles. The van der Waals surface area contributed by atoms with E-state index in [4.69, 9.17) is 23.2 Å². The van der Waals surface area contributed by atoms with Gasteiger partial charge in [-0.3, -0.25) is 4.79 Å². The van der Waals surface area contributed by atoms with Crippen LogP contribution in [0.2, 0.25) is 10.0 Å². The molecule has 0 unspecified atom stereocenters. The van der Waals surface area contributed by atoms with Crippen LogP contribution in [0.15, 0.2) is 48.5 Å². The van der Waals surface area contributed by atoms with E-state index in [2.05, 4.69) is 5.32 Å². The van der Waals surface area contributed by atoms with E-state index in [9.17, 15) is 4.79 Å². The molecule has 0 fully saturated rings. The minimum Gasteiger partial charge on any atom is -0.322 e. The number of hydrogen-bond donors (Lipinski definition) is 1. The summed E-state index contributed by atoms with van der Waals surface area (Å²) in [4.78, 5) is 11.8. The Morgan fingerprint density at radius 2 is 1.65 bits per heavy atom. The first-order chi connectivity index (χ1) is 8.15. The molecule has 2 rings (SSSR count). The normalized spacial score (nSPS) is 10.0. The van der Waals surface area contributed by atoms with Crippen LogP contribution in [-0.4, -0.2) is 5.91 Å². The molecule has 2 nitrogen and oxygen atoms in total. The first-order valence-electron chi connectivity index (χ1n) is 4.97. The van der Waals surface area contributed by atoms with E-state index < -0.39 is 0 Å². The highest BCUT2D eigenvalue weighted by Crippen LogP contribution is 2.16. The largest absolute Gasteiger partial charge is 0.322 e. The highest BCUT2D eigenvalue weighted by atomic mass is 35.5. The van der Waals surface area contributed by atoms with Crippen LogP contribution >= 0.6 is 23.2 Å². The molecule has 0 aromatic heterocycles. The van der Waals surface area contributed by atoms with Crippen LogP contribution in [0.5, 0.6) is 0 Å². The average molecular weight is 266 g/mol. The number of anilines is 1. The van der Waals surface area contributed by atoms with Crippen molar-refractivity contribution in [3.63, 3.8) is 0 Å². The Labute approximate surface area is 109 Å². The second-order valence-electron chi connectivity index (χ2n) is 3.47. The first-order valence-corrected chi connectivity index (χ1v) is 5.73. The van der Waals surface area contributed by atoms with Gasteiger partial charge < -0.3 is 5.32 Å². The van der Waals surface area contributed by atoms with Gasteiger partial charge in [0.1, 0.15) is 0 Å². The van der Waals surface area contributed by atoms with Crippen molar-refractivity contribution in [3.8, 4) is 0 Å². The highest BCUT2D eigenvalue weighted by molar-refractivity contribution is 6.31. The van der Waals surface area contributed by atoms with E-state index in [0.717, 1.165) is 0 Å². The predicted octanol–water partition coefficient (Wildman–Crippen LogP) is 4.25. The minimum atomic E-state index is -0.199. The number of halogens is 2. The molecule has 0 aliphatic rings. The van der Waals surface area contributed by atoms with Crippen LogP contribution in [0.1, 0.15) is 10.4 Å². The van der Waals surface area contributed by atoms with Gasteiger partial charge in [0.15, 0.2) is 0 Å². The fourth-order valence-electron chi connectivity index (χ4n) is 1.37. The van der Waals surface area contributed by atoms with Crippen molar-refractivity contribution >= 4 is 34.8 Å². The average Bonchev–Trinajstić information content (AvgIpc) is 2.32. The van der Waals surface area contributed by atoms with Crippen molar-refractivity contribution in [2.75, 3.05) is 5.32 Å². The quantitative estimate of drug-likeness (QED) is 0.865. The van der Waals surface area contributed by atoms with Crippen molar-refractivity contribution in [3.05, 3.63) is 64.1 Å². The van der Waals surface area contributed by atoms with Crippen LogP contribution in [0.25, 0.3) is 0 Å². The number of nitrogens with one attached hydrogen (secondary N) is 1. The molecule has 0 bridgehead atoms. The van der Waals surface area contributed by atoms with Crippen LogP contribution < -0.4 is 5.32 Å². The lowest BCUT2D eigenvalue weighted by Crippen LogP contribution is -2.11. The molecule has 86 valence electrons. The monoisotopic (exact) mass is 265 g/mol. The second-order valence-corrected chi connectivity index (χ2v) is 4.34. The van der Waals surface area contributed by atoms with E-state index in [1.807, 2.05) is 0 Å². The maximum absolute atomic E-state index is 11.8. The van der Waals surface area contributed by atoms with Gasteiger partial charge in [-0.2, -0.15) is 0 Å². The Morgan fingerprint density at radius 3 is 2.29 bits per heavy atom. The third-order valence-corrected chi connectivity index (χ3v) is 2.68. The van der Waals surface area contributed by atoms with Gasteiger partial charge >= 0.3 is 0 Å². The summed E-state index contributed by atoms with van der Waals surface area (Å²) in [7, 11) is 0.